The third-order valence-corrected chi connectivity index (χ3v) is 1.38. The molecular formula is C6H15N5O2. The number of guanidine groups is 1. The smallest absolute Gasteiger partial charge is 0.322 e. The third kappa shape index (κ3) is 5.88. The molecule has 1 atom stereocenters. The molecule has 0 heterocycles. The summed E-state index contributed by atoms with van der Waals surface area (Å²) < 4.78 is 0. The molecule has 0 spiro atoms. The average molecular weight is 189 g/mol. The van der Waals surface area contributed by atoms with Crippen molar-refractivity contribution in [3.05, 3.63) is 0 Å². The maximum atomic E-state index is 10.6. The van der Waals surface area contributed by atoms with Gasteiger partial charge in [0.05, 0.1) is 0 Å². The highest BCUT2D eigenvalue weighted by Gasteiger charge is 2.15. The van der Waals surface area contributed by atoms with E-state index in [1.807, 2.05) is 0 Å². The topological polar surface area (TPSA) is 137 Å². The number of aliphatic carboxylic acids is 1. The fraction of sp³-hybridized carbons (Fsp3) is 0.667. The number of hydrogen-bond donors (Lipinski definition) is 6. The maximum Gasteiger partial charge on any atom is 0.322 e. The van der Waals surface area contributed by atoms with Gasteiger partial charge >= 0.3 is 5.97 Å². The van der Waals surface area contributed by atoms with Gasteiger partial charge in [0.2, 0.25) is 0 Å². The number of hydrazine groups is 1. The highest BCUT2D eigenvalue weighted by Crippen LogP contribution is 1.94. The standard InChI is InChI=1S/C6H15N5O2/c7-3-1-2-4(5(12)13)10-11-6(8)9/h4,10H,1-3,7H2,(H,12,13)(H4,8,9,11)/t4-/m0/s1. The molecule has 8 N–H and O–H groups in total. The average Bonchev–Trinajstić information content (AvgIpc) is 2.03. The van der Waals surface area contributed by atoms with Gasteiger partial charge < -0.3 is 16.6 Å². The number of carboxylic acids is 1. The number of carboxylic acid groups (broad SMARTS) is 1. The Morgan fingerprint density at radius 3 is 2.62 bits per heavy atom. The van der Waals surface area contributed by atoms with Crippen LogP contribution in [0.15, 0.2) is 0 Å². The molecule has 0 amide bonds. The molecule has 13 heavy (non-hydrogen) atoms. The lowest BCUT2D eigenvalue weighted by Gasteiger charge is -2.14. The summed E-state index contributed by atoms with van der Waals surface area (Å²) in [5.41, 5.74) is 14.8. The lowest BCUT2D eigenvalue weighted by atomic mass is 10.2. The molecule has 0 aliphatic rings. The Bertz CT molecular complexity index is 184. The van der Waals surface area contributed by atoms with Crippen LogP contribution in [0.4, 0.5) is 0 Å². The Balaban J connectivity index is 3.80. The first-order valence-electron chi connectivity index (χ1n) is 3.86. The Hall–Kier alpha value is -1.34. The largest absolute Gasteiger partial charge is 0.480 e. The SMILES string of the molecule is N=C(N)NN[C@@H](CCCN)C(=O)O. The number of rotatable bonds is 6. The molecular weight excluding hydrogens is 174 g/mol. The third-order valence-electron chi connectivity index (χ3n) is 1.38. The van der Waals surface area contributed by atoms with Gasteiger partial charge in [-0.3, -0.25) is 15.6 Å². The van der Waals surface area contributed by atoms with E-state index in [0.29, 0.717) is 19.4 Å². The Labute approximate surface area is 76.0 Å². The Morgan fingerprint density at radius 2 is 2.23 bits per heavy atom. The van der Waals surface area contributed by atoms with Crippen molar-refractivity contribution in [3.8, 4) is 0 Å². The highest BCUT2D eigenvalue weighted by molar-refractivity contribution is 5.76. The first-order valence-corrected chi connectivity index (χ1v) is 3.86. The van der Waals surface area contributed by atoms with E-state index >= 15 is 0 Å². The van der Waals surface area contributed by atoms with Crippen LogP contribution in [0.5, 0.6) is 0 Å². The van der Waals surface area contributed by atoms with E-state index in [-0.39, 0.29) is 5.96 Å². The molecule has 7 heteroatoms. The van der Waals surface area contributed by atoms with Crippen LogP contribution >= 0.6 is 0 Å². The predicted molar refractivity (Wildman–Crippen MR) is 47.9 cm³/mol. The predicted octanol–water partition coefficient (Wildman–Crippen LogP) is -1.83. The van der Waals surface area contributed by atoms with Crippen molar-refractivity contribution >= 4 is 11.9 Å². The van der Waals surface area contributed by atoms with Crippen LogP contribution in [0.25, 0.3) is 0 Å². The van der Waals surface area contributed by atoms with Crippen LogP contribution in [0.2, 0.25) is 0 Å². The van der Waals surface area contributed by atoms with Gasteiger partial charge in [0.25, 0.3) is 0 Å². The second-order valence-electron chi connectivity index (χ2n) is 2.50. The van der Waals surface area contributed by atoms with Crippen molar-refractivity contribution in [2.75, 3.05) is 6.54 Å². The molecule has 0 saturated heterocycles. The van der Waals surface area contributed by atoms with E-state index in [0.717, 1.165) is 0 Å². The van der Waals surface area contributed by atoms with Crippen molar-refractivity contribution < 1.29 is 9.90 Å². The molecule has 0 saturated carbocycles. The lowest BCUT2D eigenvalue weighted by molar-refractivity contribution is -0.139. The zero-order valence-corrected chi connectivity index (χ0v) is 7.21. The normalized spacial score (nSPS) is 12.1. The zero-order valence-electron chi connectivity index (χ0n) is 7.21. The van der Waals surface area contributed by atoms with Crippen molar-refractivity contribution in [2.24, 2.45) is 11.5 Å². The monoisotopic (exact) mass is 189 g/mol. The molecule has 0 fully saturated rings. The first kappa shape index (κ1) is 11.7. The summed E-state index contributed by atoms with van der Waals surface area (Å²) >= 11 is 0. The quantitative estimate of drug-likeness (QED) is 0.165. The van der Waals surface area contributed by atoms with Gasteiger partial charge in [-0.05, 0) is 19.4 Å². The number of nitrogens with one attached hydrogen (secondary N) is 3. The molecule has 0 aliphatic heterocycles. The summed E-state index contributed by atoms with van der Waals surface area (Å²) in [6.45, 7) is 0.436. The maximum absolute atomic E-state index is 10.6. The van der Waals surface area contributed by atoms with Crippen LogP contribution in [-0.4, -0.2) is 29.6 Å². The van der Waals surface area contributed by atoms with E-state index in [1.54, 1.807) is 0 Å². The van der Waals surface area contributed by atoms with E-state index in [2.05, 4.69) is 10.9 Å². The molecule has 76 valence electrons. The van der Waals surface area contributed by atoms with E-state index in [1.165, 1.54) is 0 Å². The van der Waals surface area contributed by atoms with Gasteiger partial charge in [0.1, 0.15) is 6.04 Å². The Morgan fingerprint density at radius 1 is 1.62 bits per heavy atom. The van der Waals surface area contributed by atoms with Gasteiger partial charge in [-0.15, -0.1) is 0 Å². The van der Waals surface area contributed by atoms with Gasteiger partial charge in [-0.1, -0.05) is 0 Å². The minimum absolute atomic E-state index is 0.320. The number of nitrogens with two attached hydrogens (primary N) is 2. The fourth-order valence-electron chi connectivity index (χ4n) is 0.744. The molecule has 0 aromatic carbocycles. The summed E-state index contributed by atoms with van der Waals surface area (Å²) in [4.78, 5) is 10.6. The van der Waals surface area contributed by atoms with Crippen LogP contribution in [0.1, 0.15) is 12.8 Å². The molecule has 0 bridgehead atoms. The van der Waals surface area contributed by atoms with Crippen molar-refractivity contribution in [2.45, 2.75) is 18.9 Å². The van der Waals surface area contributed by atoms with E-state index in [4.69, 9.17) is 22.0 Å². The highest BCUT2D eigenvalue weighted by atomic mass is 16.4. The minimum atomic E-state index is -0.998. The lowest BCUT2D eigenvalue weighted by Crippen LogP contribution is -2.50. The first-order chi connectivity index (χ1) is 6.07. The summed E-state index contributed by atoms with van der Waals surface area (Å²) in [5.74, 6) is -1.32. The van der Waals surface area contributed by atoms with Crippen LogP contribution in [0, 0.1) is 5.41 Å². The number of carbonyl (C=O) groups is 1. The van der Waals surface area contributed by atoms with Gasteiger partial charge in [0, 0.05) is 0 Å². The van der Waals surface area contributed by atoms with Crippen molar-refractivity contribution in [3.63, 3.8) is 0 Å². The molecule has 0 aromatic heterocycles. The molecule has 0 rings (SSSR count). The van der Waals surface area contributed by atoms with Gasteiger partial charge in [-0.2, -0.15) is 0 Å². The molecule has 0 aliphatic carbocycles. The van der Waals surface area contributed by atoms with Crippen molar-refractivity contribution in [1.29, 1.82) is 5.41 Å². The van der Waals surface area contributed by atoms with Crippen LogP contribution < -0.4 is 22.3 Å². The summed E-state index contributed by atoms with van der Waals surface area (Å²) in [6.07, 6.45) is 0.996. The molecule has 0 unspecified atom stereocenters. The van der Waals surface area contributed by atoms with Gasteiger partial charge in [0.15, 0.2) is 5.96 Å². The Kier molecular flexibility index (Phi) is 5.57. The van der Waals surface area contributed by atoms with E-state index < -0.39 is 12.0 Å². The summed E-state index contributed by atoms with van der Waals surface area (Å²) in [6, 6.07) is -0.771. The molecule has 0 radical (unpaired) electrons. The summed E-state index contributed by atoms with van der Waals surface area (Å²) in [7, 11) is 0. The zero-order chi connectivity index (χ0) is 10.3. The number of hydrogen-bond acceptors (Lipinski definition) is 4. The molecule has 7 nitrogen and oxygen atoms in total. The second kappa shape index (κ2) is 6.21. The van der Waals surface area contributed by atoms with Crippen LogP contribution in [0.3, 0.4) is 0 Å². The second-order valence-corrected chi connectivity index (χ2v) is 2.50. The fourth-order valence-corrected chi connectivity index (χ4v) is 0.744. The van der Waals surface area contributed by atoms with Crippen molar-refractivity contribution in [1.82, 2.24) is 10.9 Å². The van der Waals surface area contributed by atoms with E-state index in [9.17, 15) is 4.79 Å². The van der Waals surface area contributed by atoms with Crippen LogP contribution in [-0.2, 0) is 4.79 Å². The molecule has 0 aromatic rings. The van der Waals surface area contributed by atoms with Gasteiger partial charge in [-0.25, -0.2) is 5.43 Å². The summed E-state index contributed by atoms with van der Waals surface area (Å²) in [5, 5.41) is 15.5. The minimum Gasteiger partial charge on any atom is -0.480 e.